The van der Waals surface area contributed by atoms with Gasteiger partial charge in [-0.05, 0) is 225 Å². The number of halogens is 7. The molecule has 4 amide bonds. The first-order chi connectivity index (χ1) is 65.7. The third kappa shape index (κ3) is 23.9. The summed E-state index contributed by atoms with van der Waals surface area (Å²) in [6.07, 6.45) is -5.05. The maximum Gasteiger partial charge on any atom is 0.416 e. The molecule has 0 spiro atoms. The van der Waals surface area contributed by atoms with Gasteiger partial charge in [0.1, 0.15) is 71.7 Å². The van der Waals surface area contributed by atoms with Gasteiger partial charge in [-0.3, -0.25) is 19.6 Å². The zero-order valence-corrected chi connectivity index (χ0v) is 81.5. The van der Waals surface area contributed by atoms with Crippen LogP contribution >= 0.6 is 0 Å². The van der Waals surface area contributed by atoms with Gasteiger partial charge in [-0.1, -0.05) is 245 Å². The molecule has 12 aromatic rings. The average molecular weight is 1880 g/mol. The number of phenols is 1. The van der Waals surface area contributed by atoms with E-state index in [-0.39, 0.29) is 101 Å². The van der Waals surface area contributed by atoms with Gasteiger partial charge in [0.25, 0.3) is 0 Å². The Morgan fingerprint density at radius 1 is 0.406 bits per heavy atom. The van der Waals surface area contributed by atoms with Crippen molar-refractivity contribution in [2.45, 2.75) is 210 Å². The van der Waals surface area contributed by atoms with Crippen molar-refractivity contribution in [3.63, 3.8) is 0 Å². The van der Waals surface area contributed by atoms with Crippen LogP contribution in [0.5, 0.6) is 23.0 Å². The van der Waals surface area contributed by atoms with Crippen LogP contribution in [0, 0.1) is 64.8 Å². The largest absolute Gasteiger partial charge is 0.507 e. The number of rotatable bonds is 26. The molecule has 4 aliphatic heterocycles. The summed E-state index contributed by atoms with van der Waals surface area (Å²) >= 11 is 0. The van der Waals surface area contributed by atoms with Crippen molar-refractivity contribution >= 4 is 29.9 Å². The van der Waals surface area contributed by atoms with Gasteiger partial charge in [-0.15, -0.1) is 0 Å². The van der Waals surface area contributed by atoms with Crippen LogP contribution in [0.25, 0.3) is 50.1 Å². The van der Waals surface area contributed by atoms with Crippen LogP contribution in [-0.4, -0.2) is 114 Å². The van der Waals surface area contributed by atoms with Gasteiger partial charge < -0.3 is 38.3 Å². The first-order valence-electron chi connectivity index (χ1n) is 46.5. The van der Waals surface area contributed by atoms with Crippen LogP contribution in [-0.2, 0) is 70.6 Å². The third-order valence-electron chi connectivity index (χ3n) is 25.9. The third-order valence-corrected chi connectivity index (χ3v) is 25.9. The van der Waals surface area contributed by atoms with Crippen LogP contribution < -0.4 is 14.2 Å². The number of aromatic hydroxyl groups is 1. The summed E-state index contributed by atoms with van der Waals surface area (Å²) in [4.78, 5) is 58.0. The van der Waals surface area contributed by atoms with E-state index >= 15 is 0 Å². The molecular weight excluding hydrogens is 1760 g/mol. The molecular formula is C115H121F7N4O12. The summed E-state index contributed by atoms with van der Waals surface area (Å²) in [5, 5.41) is 10.6. The van der Waals surface area contributed by atoms with E-state index in [0.29, 0.717) is 101 Å². The lowest BCUT2D eigenvalue weighted by Crippen LogP contribution is -2.37. The quantitative estimate of drug-likeness (QED) is 0.0403. The summed E-state index contributed by atoms with van der Waals surface area (Å²) in [5.74, 6) is -0.147. The predicted octanol–water partition coefficient (Wildman–Crippen LogP) is 28.1. The second kappa shape index (κ2) is 44.1. The Morgan fingerprint density at radius 3 is 1.17 bits per heavy atom. The summed E-state index contributed by atoms with van der Waals surface area (Å²) in [6.45, 7) is 34.5. The number of carbonyl (C=O) groups excluding carboxylic acids is 4. The molecule has 138 heavy (non-hydrogen) atoms. The summed E-state index contributed by atoms with van der Waals surface area (Å²) in [5.41, 5.74) is 21.2. The summed E-state index contributed by atoms with van der Waals surface area (Å²) in [7, 11) is 4.65. The molecule has 0 radical (unpaired) electrons. The lowest BCUT2D eigenvalue weighted by Gasteiger charge is -2.25. The van der Waals surface area contributed by atoms with E-state index in [2.05, 4.69) is 80.2 Å². The number of aryl methyl sites for hydroxylation is 6. The number of allylic oxidation sites excluding steroid dienone is 1. The predicted molar refractivity (Wildman–Crippen MR) is 527 cm³/mol. The zero-order chi connectivity index (χ0) is 99.6. The van der Waals surface area contributed by atoms with Crippen LogP contribution in [0.2, 0.25) is 0 Å². The molecule has 4 aliphatic rings. The summed E-state index contributed by atoms with van der Waals surface area (Å²) in [6, 6.07) is 68.0. The average Bonchev–Trinajstić information content (AvgIpc) is 1.55. The molecule has 0 unspecified atom stereocenters. The number of alkyl halides is 3. The molecule has 722 valence electrons. The van der Waals surface area contributed by atoms with E-state index in [1.165, 1.54) is 40.3 Å². The maximum atomic E-state index is 14.7. The topological polar surface area (TPSA) is 166 Å². The highest BCUT2D eigenvalue weighted by Crippen LogP contribution is 2.46. The van der Waals surface area contributed by atoms with Gasteiger partial charge in [-0.25, -0.2) is 36.7 Å². The Morgan fingerprint density at radius 2 is 0.775 bits per heavy atom. The smallest absolute Gasteiger partial charge is 0.416 e. The van der Waals surface area contributed by atoms with Gasteiger partial charge in [0.05, 0.1) is 77.2 Å². The molecule has 23 heteroatoms. The number of hydrogen-bond donors (Lipinski definition) is 1. The van der Waals surface area contributed by atoms with E-state index in [1.54, 1.807) is 64.0 Å². The van der Waals surface area contributed by atoms with Crippen LogP contribution in [0.1, 0.15) is 192 Å². The van der Waals surface area contributed by atoms with Crippen LogP contribution in [0.3, 0.4) is 0 Å². The number of amides is 4. The zero-order valence-electron chi connectivity index (χ0n) is 81.5. The molecule has 0 bridgehead atoms. The minimum absolute atomic E-state index is 0.0308. The number of phenolic OH excluding ortho intramolecular Hbond substituents is 1. The Bertz CT molecular complexity index is 6440. The first kappa shape index (κ1) is 102. The maximum absolute atomic E-state index is 14.7. The molecule has 4 saturated heterocycles. The fraction of sp³-hybridized carbons (Fsp3) is 0.322. The molecule has 0 aromatic heterocycles. The van der Waals surface area contributed by atoms with Crippen molar-refractivity contribution in [1.82, 2.24) is 19.6 Å². The fourth-order valence-corrected chi connectivity index (χ4v) is 18.4. The van der Waals surface area contributed by atoms with Crippen molar-refractivity contribution in [1.29, 1.82) is 0 Å². The molecule has 6 atom stereocenters. The molecule has 16 rings (SSSR count). The highest BCUT2D eigenvalue weighted by Gasteiger charge is 2.44. The van der Waals surface area contributed by atoms with Crippen molar-refractivity contribution in [2.24, 2.45) is 0 Å². The molecule has 4 fully saturated rings. The van der Waals surface area contributed by atoms with Gasteiger partial charge in [0, 0.05) is 52.1 Å². The van der Waals surface area contributed by atoms with E-state index in [9.17, 15) is 55.0 Å². The fourth-order valence-electron chi connectivity index (χ4n) is 18.4. The van der Waals surface area contributed by atoms with Crippen molar-refractivity contribution in [3.8, 4) is 67.5 Å². The standard InChI is InChI=1S/C29H27F4NO3.2C29H32FNO3.C28H30FNO3/c1-15(2)23-12-24(26(35)13-25(23)30)22-7-6-16(3)8-20(22)14-34-18(5)27(37-28(34)36)19-9-17(4)10-21(11-19)29(31,32)33;1-18(2)25-14-26(28(33-5)15-27(25)30)24-11-8-20(4)12-22(24)16-31-23(17-34-29(31)32)13-21-9-6-19(3)7-10-21;1-18(2)24-15-25(28(33-5)16-26(24)30)23-12-11-19(3)13-22(23)17-31-27(20(4)34-29(31)32)14-21-9-7-6-8-10-21;1-18(2)24-14-25(27(32-4)15-26(24)29)23-11-10-19(3)12-21(23)16-30-22(17-33-28(30)31)13-20-8-6-5-7-9-20/h6-13,18,27,35H,1,14H2,2-5H3;6-12,14-15,18,23H,13,16-17H2,1-5H3;6-13,15-16,18,20,27H,14,17H2,1-5H3;5-12,14-15,18,22H,13,16-17H2,1-4H3/t18-,27-;23-;20-,27-;22-/m0000/s1. The monoisotopic (exact) mass is 1880 g/mol. The Hall–Kier alpha value is -13.8. The van der Waals surface area contributed by atoms with E-state index in [4.69, 9.17) is 33.2 Å². The SMILES string of the molecule is C=C(C)c1cc(-c2ccc(C)cc2CN2C(=O)O[C@H](c3cc(C)cc(C(F)(F)F)c3)[C@@H]2C)c(O)cc1F.COc1cc(F)c(C(C)C)cc1-c1ccc(C)cc1CN1C(=O)OC[C@@H]1Cc1ccc(C)cc1.COc1cc(F)c(C(C)C)cc1-c1ccc(C)cc1CN1C(=O)OC[C@@H]1Cc1ccccc1.COc1cc(F)c(C(C)C)cc1-c1ccc(C)cc1CN1C(=O)O[C@@H](C)[C@@H]1Cc1ccccc1. The molecule has 16 nitrogen and oxygen atoms in total. The number of hydrogen-bond acceptors (Lipinski definition) is 12. The lowest BCUT2D eigenvalue weighted by molar-refractivity contribution is -0.137. The number of benzene rings is 12. The van der Waals surface area contributed by atoms with Crippen molar-refractivity contribution in [2.75, 3.05) is 34.5 Å². The first-order valence-corrected chi connectivity index (χ1v) is 46.5. The number of methoxy groups -OCH3 is 3. The number of cyclic esters (lactones) is 4. The minimum atomic E-state index is -4.53. The van der Waals surface area contributed by atoms with Crippen LogP contribution in [0.4, 0.5) is 49.9 Å². The van der Waals surface area contributed by atoms with Gasteiger partial charge >= 0.3 is 30.5 Å². The molecule has 0 saturated carbocycles. The second-order valence-corrected chi connectivity index (χ2v) is 37.3. The Kier molecular flexibility index (Phi) is 32.5. The Labute approximate surface area is 804 Å². The minimum Gasteiger partial charge on any atom is -0.507 e. The number of carbonyl (C=O) groups is 4. The van der Waals surface area contributed by atoms with Crippen LogP contribution in [0.15, 0.2) is 231 Å². The van der Waals surface area contributed by atoms with Crippen molar-refractivity contribution in [3.05, 3.63) is 360 Å². The highest BCUT2D eigenvalue weighted by molar-refractivity contribution is 5.82. The van der Waals surface area contributed by atoms with Crippen molar-refractivity contribution < 1.29 is 88.2 Å². The lowest BCUT2D eigenvalue weighted by atomic mass is 9.92. The second-order valence-electron chi connectivity index (χ2n) is 37.3. The number of nitrogens with zero attached hydrogens (tertiary/aromatic N) is 4. The van der Waals surface area contributed by atoms with E-state index in [0.717, 1.165) is 114 Å². The van der Waals surface area contributed by atoms with Gasteiger partial charge in [0.15, 0.2) is 0 Å². The summed E-state index contributed by atoms with van der Waals surface area (Å²) < 4.78 is 137. The number of ether oxygens (including phenoxy) is 7. The van der Waals surface area contributed by atoms with E-state index < -0.39 is 35.8 Å². The molecule has 0 aliphatic carbocycles. The molecule has 12 aromatic carbocycles. The van der Waals surface area contributed by atoms with Gasteiger partial charge in [0.2, 0.25) is 0 Å². The molecule has 4 heterocycles. The highest BCUT2D eigenvalue weighted by atomic mass is 19.4. The normalized spacial score (nSPS) is 16.8. The van der Waals surface area contributed by atoms with Gasteiger partial charge in [-0.2, -0.15) is 13.2 Å². The van der Waals surface area contributed by atoms with E-state index in [1.807, 2.05) is 184 Å². The molecule has 1 N–H and O–H groups in total. The Balaban J connectivity index is 0.000000155.